The van der Waals surface area contributed by atoms with Crippen LogP contribution in [0, 0.1) is 0 Å². The molecule has 0 bridgehead atoms. The SMILES string of the molecule is CO[C@H](CO)[C@H](O)C(O)CO. The molecule has 0 aliphatic heterocycles. The molecule has 1 unspecified atom stereocenters. The molecule has 0 saturated carbocycles. The van der Waals surface area contributed by atoms with Crippen molar-refractivity contribution in [3.8, 4) is 0 Å². The monoisotopic (exact) mass is 166 g/mol. The normalized spacial score (nSPS) is 19.4. The van der Waals surface area contributed by atoms with Crippen molar-refractivity contribution >= 4 is 0 Å². The van der Waals surface area contributed by atoms with Gasteiger partial charge in [-0.25, -0.2) is 0 Å². The summed E-state index contributed by atoms with van der Waals surface area (Å²) in [5.41, 5.74) is 0. The Bertz CT molecular complexity index is 93.0. The lowest BCUT2D eigenvalue weighted by molar-refractivity contribution is -0.104. The Morgan fingerprint density at radius 2 is 1.73 bits per heavy atom. The van der Waals surface area contributed by atoms with Gasteiger partial charge in [-0.05, 0) is 0 Å². The predicted octanol–water partition coefficient (Wildman–Crippen LogP) is -2.29. The molecule has 0 aromatic rings. The van der Waals surface area contributed by atoms with E-state index in [4.69, 9.17) is 20.4 Å². The third kappa shape index (κ3) is 3.13. The van der Waals surface area contributed by atoms with Gasteiger partial charge in [0, 0.05) is 7.11 Å². The second kappa shape index (κ2) is 5.45. The molecule has 0 rings (SSSR count). The van der Waals surface area contributed by atoms with Crippen molar-refractivity contribution in [3.63, 3.8) is 0 Å². The molecule has 5 heteroatoms. The van der Waals surface area contributed by atoms with E-state index < -0.39 is 31.5 Å². The number of hydrogen-bond acceptors (Lipinski definition) is 5. The Balaban J connectivity index is 3.86. The highest BCUT2D eigenvalue weighted by Gasteiger charge is 2.24. The Morgan fingerprint density at radius 3 is 2.00 bits per heavy atom. The zero-order valence-corrected chi connectivity index (χ0v) is 6.34. The van der Waals surface area contributed by atoms with E-state index in [1.165, 1.54) is 7.11 Å². The van der Waals surface area contributed by atoms with Crippen LogP contribution in [0.5, 0.6) is 0 Å². The van der Waals surface area contributed by atoms with Crippen molar-refractivity contribution in [1.29, 1.82) is 0 Å². The van der Waals surface area contributed by atoms with Crippen LogP contribution in [0.4, 0.5) is 0 Å². The van der Waals surface area contributed by atoms with E-state index in [2.05, 4.69) is 4.74 Å². The number of aliphatic hydroxyl groups excluding tert-OH is 4. The summed E-state index contributed by atoms with van der Waals surface area (Å²) in [5, 5.41) is 34.9. The fourth-order valence-electron chi connectivity index (χ4n) is 0.678. The Morgan fingerprint density at radius 1 is 1.18 bits per heavy atom. The van der Waals surface area contributed by atoms with Crippen LogP contribution in [0.1, 0.15) is 0 Å². The predicted molar refractivity (Wildman–Crippen MR) is 37.0 cm³/mol. The summed E-state index contributed by atoms with van der Waals surface area (Å²) in [6, 6.07) is 0. The van der Waals surface area contributed by atoms with E-state index in [1.807, 2.05) is 0 Å². The molecular weight excluding hydrogens is 152 g/mol. The Labute approximate surface area is 64.9 Å². The number of hydrogen-bond donors (Lipinski definition) is 4. The first kappa shape index (κ1) is 10.8. The van der Waals surface area contributed by atoms with Crippen molar-refractivity contribution in [2.45, 2.75) is 18.3 Å². The van der Waals surface area contributed by atoms with Crippen LogP contribution in [0.2, 0.25) is 0 Å². The van der Waals surface area contributed by atoms with E-state index in [0.717, 1.165) is 0 Å². The van der Waals surface area contributed by atoms with Crippen LogP contribution in [-0.4, -0.2) is 59.1 Å². The minimum atomic E-state index is -1.27. The van der Waals surface area contributed by atoms with E-state index in [0.29, 0.717) is 0 Å². The lowest BCUT2D eigenvalue weighted by Gasteiger charge is -2.22. The van der Waals surface area contributed by atoms with Gasteiger partial charge in [0.25, 0.3) is 0 Å². The minimum Gasteiger partial charge on any atom is -0.394 e. The van der Waals surface area contributed by atoms with Gasteiger partial charge in [0.2, 0.25) is 0 Å². The maximum Gasteiger partial charge on any atom is 0.110 e. The number of ether oxygens (including phenoxy) is 1. The van der Waals surface area contributed by atoms with Crippen LogP contribution < -0.4 is 0 Å². The smallest absolute Gasteiger partial charge is 0.110 e. The summed E-state index contributed by atoms with van der Waals surface area (Å²) < 4.78 is 4.61. The number of aliphatic hydroxyl groups is 4. The highest BCUT2D eigenvalue weighted by Crippen LogP contribution is 2.02. The highest BCUT2D eigenvalue weighted by atomic mass is 16.5. The van der Waals surface area contributed by atoms with Gasteiger partial charge in [0.05, 0.1) is 13.2 Å². The molecule has 0 aromatic carbocycles. The first-order chi connectivity index (χ1) is 5.17. The lowest BCUT2D eigenvalue weighted by Crippen LogP contribution is -2.42. The highest BCUT2D eigenvalue weighted by molar-refractivity contribution is 4.74. The van der Waals surface area contributed by atoms with Crippen molar-refractivity contribution in [2.75, 3.05) is 20.3 Å². The molecule has 0 fully saturated rings. The average Bonchev–Trinajstić information content (AvgIpc) is 2.05. The summed E-state index contributed by atoms with van der Waals surface area (Å²) in [6.07, 6.45) is -3.38. The Hall–Kier alpha value is -0.200. The van der Waals surface area contributed by atoms with Gasteiger partial charge >= 0.3 is 0 Å². The molecule has 0 saturated heterocycles. The summed E-state index contributed by atoms with van der Waals surface area (Å²) in [5.74, 6) is 0. The van der Waals surface area contributed by atoms with Gasteiger partial charge in [-0.3, -0.25) is 0 Å². The number of rotatable bonds is 5. The fraction of sp³-hybridized carbons (Fsp3) is 1.00. The standard InChI is InChI=1S/C6H14O5/c1-11-5(3-8)6(10)4(9)2-7/h4-10H,2-3H2,1H3/t4?,5-,6-/m1/s1. The zero-order chi connectivity index (χ0) is 8.85. The zero-order valence-electron chi connectivity index (χ0n) is 6.34. The van der Waals surface area contributed by atoms with Gasteiger partial charge in [-0.15, -0.1) is 0 Å². The molecule has 0 aromatic heterocycles. The molecule has 0 heterocycles. The molecule has 0 spiro atoms. The first-order valence-corrected chi connectivity index (χ1v) is 3.28. The van der Waals surface area contributed by atoms with E-state index in [1.54, 1.807) is 0 Å². The van der Waals surface area contributed by atoms with E-state index in [9.17, 15) is 0 Å². The second-order valence-electron chi connectivity index (χ2n) is 2.20. The van der Waals surface area contributed by atoms with E-state index in [-0.39, 0.29) is 0 Å². The molecule has 3 atom stereocenters. The van der Waals surface area contributed by atoms with Gasteiger partial charge < -0.3 is 25.2 Å². The minimum absolute atomic E-state index is 0.394. The lowest BCUT2D eigenvalue weighted by atomic mass is 10.1. The molecule has 68 valence electrons. The topological polar surface area (TPSA) is 90.2 Å². The molecule has 11 heavy (non-hydrogen) atoms. The summed E-state index contributed by atoms with van der Waals surface area (Å²) in [4.78, 5) is 0. The third-order valence-corrected chi connectivity index (χ3v) is 1.44. The first-order valence-electron chi connectivity index (χ1n) is 3.28. The quantitative estimate of drug-likeness (QED) is 0.369. The van der Waals surface area contributed by atoms with Crippen molar-refractivity contribution in [2.24, 2.45) is 0 Å². The van der Waals surface area contributed by atoms with Gasteiger partial charge in [0.1, 0.15) is 18.3 Å². The Kier molecular flexibility index (Phi) is 5.35. The van der Waals surface area contributed by atoms with Crippen LogP contribution in [0.3, 0.4) is 0 Å². The van der Waals surface area contributed by atoms with Gasteiger partial charge in [0.15, 0.2) is 0 Å². The molecule has 0 radical (unpaired) electrons. The molecule has 0 amide bonds. The van der Waals surface area contributed by atoms with Gasteiger partial charge in [-0.2, -0.15) is 0 Å². The van der Waals surface area contributed by atoms with E-state index >= 15 is 0 Å². The molecule has 0 aliphatic carbocycles. The van der Waals surface area contributed by atoms with Crippen LogP contribution in [0.25, 0.3) is 0 Å². The molecule has 5 nitrogen and oxygen atoms in total. The second-order valence-corrected chi connectivity index (χ2v) is 2.20. The largest absolute Gasteiger partial charge is 0.394 e. The van der Waals surface area contributed by atoms with Crippen LogP contribution >= 0.6 is 0 Å². The third-order valence-electron chi connectivity index (χ3n) is 1.44. The molecular formula is C6H14O5. The van der Waals surface area contributed by atoms with Crippen LogP contribution in [0.15, 0.2) is 0 Å². The average molecular weight is 166 g/mol. The summed E-state index contributed by atoms with van der Waals surface area (Å²) >= 11 is 0. The molecule has 4 N–H and O–H groups in total. The number of methoxy groups -OCH3 is 1. The van der Waals surface area contributed by atoms with Crippen molar-refractivity contribution in [1.82, 2.24) is 0 Å². The van der Waals surface area contributed by atoms with Crippen molar-refractivity contribution < 1.29 is 25.2 Å². The summed E-state index contributed by atoms with van der Waals surface area (Å²) in [7, 11) is 1.30. The van der Waals surface area contributed by atoms with Crippen LogP contribution in [-0.2, 0) is 4.74 Å². The van der Waals surface area contributed by atoms with Crippen molar-refractivity contribution in [3.05, 3.63) is 0 Å². The summed E-state index contributed by atoms with van der Waals surface area (Å²) in [6.45, 7) is -0.949. The fourth-order valence-corrected chi connectivity index (χ4v) is 0.678. The maximum atomic E-state index is 9.08. The molecule has 0 aliphatic rings. The maximum absolute atomic E-state index is 9.08. The van der Waals surface area contributed by atoms with Gasteiger partial charge in [-0.1, -0.05) is 0 Å².